The molecule has 0 aliphatic heterocycles. The van der Waals surface area contributed by atoms with Gasteiger partial charge >= 0.3 is 0 Å². The summed E-state index contributed by atoms with van der Waals surface area (Å²) in [4.78, 5) is 15.3. The summed E-state index contributed by atoms with van der Waals surface area (Å²) in [5.74, 6) is -1.10. The van der Waals surface area contributed by atoms with Crippen LogP contribution in [0, 0.1) is 5.82 Å². The van der Waals surface area contributed by atoms with Crippen LogP contribution in [0.25, 0.3) is 22.5 Å². The fraction of sp³-hybridized carbons (Fsp3) is 0. The van der Waals surface area contributed by atoms with Gasteiger partial charge in [0, 0.05) is 11.1 Å². The standard InChI is InChI=1S/C13H9FN4OS/c14-11-9(12(15)19)2-1-8(13-16-6-17-18-13)10(11)7-3-4-20-5-7/h1-6H,(H2,15,19)(H,16,17,18). The van der Waals surface area contributed by atoms with E-state index in [-0.39, 0.29) is 11.1 Å². The molecule has 2 heterocycles. The van der Waals surface area contributed by atoms with Crippen molar-refractivity contribution in [2.45, 2.75) is 0 Å². The summed E-state index contributed by atoms with van der Waals surface area (Å²) >= 11 is 1.43. The molecule has 1 amide bonds. The summed E-state index contributed by atoms with van der Waals surface area (Å²) in [5, 5.41) is 10.2. The minimum Gasteiger partial charge on any atom is -0.366 e. The molecule has 0 aliphatic carbocycles. The molecule has 3 rings (SSSR count). The number of nitrogens with two attached hydrogens (primary N) is 1. The molecule has 0 saturated heterocycles. The largest absolute Gasteiger partial charge is 0.366 e. The quantitative estimate of drug-likeness (QED) is 0.776. The molecular formula is C13H9FN4OS. The second-order valence-corrected chi connectivity index (χ2v) is 4.83. The number of rotatable bonds is 3. The van der Waals surface area contributed by atoms with Crippen LogP contribution in [-0.2, 0) is 0 Å². The van der Waals surface area contributed by atoms with Crippen LogP contribution in [-0.4, -0.2) is 21.1 Å². The lowest BCUT2D eigenvalue weighted by molar-refractivity contribution is 0.0996. The lowest BCUT2D eigenvalue weighted by atomic mass is 9.97. The Bertz CT molecular complexity index is 753. The Labute approximate surface area is 117 Å². The molecule has 3 N–H and O–H groups in total. The smallest absolute Gasteiger partial charge is 0.251 e. The van der Waals surface area contributed by atoms with E-state index in [9.17, 15) is 9.18 Å². The number of benzene rings is 1. The minimum absolute atomic E-state index is 0.148. The molecule has 2 aromatic heterocycles. The Morgan fingerprint density at radius 2 is 2.20 bits per heavy atom. The Morgan fingerprint density at radius 3 is 2.80 bits per heavy atom. The number of carbonyl (C=O) groups excluding carboxylic acids is 1. The number of primary amides is 1. The molecule has 0 bridgehead atoms. The highest BCUT2D eigenvalue weighted by molar-refractivity contribution is 7.08. The van der Waals surface area contributed by atoms with Gasteiger partial charge in [0.05, 0.1) is 5.56 Å². The van der Waals surface area contributed by atoms with E-state index in [1.807, 2.05) is 5.38 Å². The van der Waals surface area contributed by atoms with Crippen LogP contribution < -0.4 is 5.73 Å². The molecule has 0 unspecified atom stereocenters. The number of H-pyrrole nitrogens is 1. The second-order valence-electron chi connectivity index (χ2n) is 4.05. The number of hydrogen-bond acceptors (Lipinski definition) is 4. The first-order chi connectivity index (χ1) is 9.68. The number of thiophene rings is 1. The van der Waals surface area contributed by atoms with Crippen molar-refractivity contribution >= 4 is 17.2 Å². The molecule has 7 heteroatoms. The molecular weight excluding hydrogens is 279 g/mol. The predicted molar refractivity (Wildman–Crippen MR) is 73.6 cm³/mol. The predicted octanol–water partition coefficient (Wildman–Crippen LogP) is 2.44. The van der Waals surface area contributed by atoms with Crippen LogP contribution in [0.1, 0.15) is 10.4 Å². The summed E-state index contributed by atoms with van der Waals surface area (Å²) in [5.41, 5.74) is 6.49. The van der Waals surface area contributed by atoms with Crippen LogP contribution >= 0.6 is 11.3 Å². The average molecular weight is 288 g/mol. The molecule has 100 valence electrons. The second kappa shape index (κ2) is 4.86. The van der Waals surface area contributed by atoms with Crippen molar-refractivity contribution in [3.8, 4) is 22.5 Å². The van der Waals surface area contributed by atoms with E-state index >= 15 is 0 Å². The Morgan fingerprint density at radius 1 is 1.35 bits per heavy atom. The first-order valence-corrected chi connectivity index (χ1v) is 6.64. The maximum absolute atomic E-state index is 14.6. The van der Waals surface area contributed by atoms with Gasteiger partial charge in [-0.15, -0.1) is 0 Å². The zero-order valence-electron chi connectivity index (χ0n) is 10.1. The Hall–Kier alpha value is -2.54. The van der Waals surface area contributed by atoms with Crippen LogP contribution in [0.3, 0.4) is 0 Å². The zero-order chi connectivity index (χ0) is 14.1. The monoisotopic (exact) mass is 288 g/mol. The lowest BCUT2D eigenvalue weighted by Gasteiger charge is -2.09. The van der Waals surface area contributed by atoms with Crippen molar-refractivity contribution in [3.63, 3.8) is 0 Å². The van der Waals surface area contributed by atoms with Crippen molar-refractivity contribution < 1.29 is 9.18 Å². The number of nitrogens with zero attached hydrogens (tertiary/aromatic N) is 2. The number of halogens is 1. The number of aromatic nitrogens is 3. The van der Waals surface area contributed by atoms with Gasteiger partial charge in [0.25, 0.3) is 5.91 Å². The number of carbonyl (C=O) groups is 1. The van der Waals surface area contributed by atoms with Crippen LogP contribution in [0.4, 0.5) is 4.39 Å². The number of hydrogen-bond donors (Lipinski definition) is 2. The van der Waals surface area contributed by atoms with Crippen LogP contribution in [0.2, 0.25) is 0 Å². The molecule has 1 aromatic carbocycles. The Kier molecular flexibility index (Phi) is 3.03. The first kappa shape index (κ1) is 12.5. The number of aromatic amines is 1. The van der Waals surface area contributed by atoms with Crippen molar-refractivity contribution in [1.29, 1.82) is 0 Å². The maximum atomic E-state index is 14.6. The molecule has 20 heavy (non-hydrogen) atoms. The SMILES string of the molecule is NC(=O)c1ccc(-c2nc[nH]n2)c(-c2ccsc2)c1F. The summed E-state index contributed by atoms with van der Waals surface area (Å²) in [6.45, 7) is 0. The summed E-state index contributed by atoms with van der Waals surface area (Å²) in [7, 11) is 0. The van der Waals surface area contributed by atoms with Gasteiger partial charge in [-0.25, -0.2) is 9.37 Å². The molecule has 0 radical (unpaired) electrons. The summed E-state index contributed by atoms with van der Waals surface area (Å²) < 4.78 is 14.6. The fourth-order valence-electron chi connectivity index (χ4n) is 1.98. The van der Waals surface area contributed by atoms with E-state index in [1.54, 1.807) is 17.5 Å². The minimum atomic E-state index is -0.805. The highest BCUT2D eigenvalue weighted by Gasteiger charge is 2.20. The van der Waals surface area contributed by atoms with Gasteiger partial charge < -0.3 is 5.73 Å². The maximum Gasteiger partial charge on any atom is 0.251 e. The van der Waals surface area contributed by atoms with Crippen molar-refractivity contribution in [2.75, 3.05) is 0 Å². The zero-order valence-corrected chi connectivity index (χ0v) is 10.9. The molecule has 3 aromatic rings. The van der Waals surface area contributed by atoms with Gasteiger partial charge in [0.1, 0.15) is 12.1 Å². The highest BCUT2D eigenvalue weighted by Crippen LogP contribution is 2.35. The summed E-state index contributed by atoms with van der Waals surface area (Å²) in [6.07, 6.45) is 1.41. The van der Waals surface area contributed by atoms with Crippen molar-refractivity contribution in [2.24, 2.45) is 5.73 Å². The number of nitrogens with one attached hydrogen (secondary N) is 1. The van der Waals surface area contributed by atoms with Crippen molar-refractivity contribution in [3.05, 3.63) is 46.7 Å². The normalized spacial score (nSPS) is 10.7. The van der Waals surface area contributed by atoms with E-state index in [0.29, 0.717) is 17.0 Å². The van der Waals surface area contributed by atoms with Gasteiger partial charge in [0.2, 0.25) is 0 Å². The molecule has 0 fully saturated rings. The lowest BCUT2D eigenvalue weighted by Crippen LogP contribution is -2.14. The highest BCUT2D eigenvalue weighted by atomic mass is 32.1. The molecule has 5 nitrogen and oxygen atoms in total. The third-order valence-corrected chi connectivity index (χ3v) is 3.56. The van der Waals surface area contributed by atoms with E-state index in [1.165, 1.54) is 23.7 Å². The topological polar surface area (TPSA) is 84.7 Å². The van der Waals surface area contributed by atoms with Crippen molar-refractivity contribution in [1.82, 2.24) is 15.2 Å². The molecule has 0 aliphatic rings. The van der Waals surface area contributed by atoms with Gasteiger partial charge in [-0.3, -0.25) is 9.89 Å². The van der Waals surface area contributed by atoms with Gasteiger partial charge in [0.15, 0.2) is 5.82 Å². The van der Waals surface area contributed by atoms with Crippen LogP contribution in [0.15, 0.2) is 35.3 Å². The first-order valence-electron chi connectivity index (χ1n) is 5.69. The third-order valence-electron chi connectivity index (χ3n) is 2.87. The Balaban J connectivity index is 2.31. The van der Waals surface area contributed by atoms with E-state index in [2.05, 4.69) is 15.2 Å². The van der Waals surface area contributed by atoms with Gasteiger partial charge in [-0.05, 0) is 34.5 Å². The average Bonchev–Trinajstić information content (AvgIpc) is 3.11. The van der Waals surface area contributed by atoms with E-state index in [4.69, 9.17) is 5.73 Å². The number of amides is 1. The van der Waals surface area contributed by atoms with Crippen LogP contribution in [0.5, 0.6) is 0 Å². The fourth-order valence-corrected chi connectivity index (χ4v) is 2.63. The van der Waals surface area contributed by atoms with Gasteiger partial charge in [-0.1, -0.05) is 0 Å². The van der Waals surface area contributed by atoms with Gasteiger partial charge in [-0.2, -0.15) is 16.4 Å². The third kappa shape index (κ3) is 1.97. The molecule has 0 spiro atoms. The van der Waals surface area contributed by atoms with E-state index in [0.717, 1.165) is 0 Å². The molecule has 0 atom stereocenters. The van der Waals surface area contributed by atoms with E-state index < -0.39 is 11.7 Å². The molecule has 0 saturated carbocycles. The summed E-state index contributed by atoms with van der Waals surface area (Å²) in [6, 6.07) is 4.71.